The molecule has 2 rings (SSSR count). The molecule has 92 valence electrons. The number of nitrogens with one attached hydrogen (secondary N) is 1. The number of amides is 1. The van der Waals surface area contributed by atoms with Gasteiger partial charge < -0.3 is 10.5 Å². The Morgan fingerprint density at radius 1 is 1.39 bits per heavy atom. The summed E-state index contributed by atoms with van der Waals surface area (Å²) in [5.74, 6) is -0.149. The second-order valence-electron chi connectivity index (χ2n) is 3.57. The van der Waals surface area contributed by atoms with Gasteiger partial charge in [-0.25, -0.2) is 4.99 Å². The zero-order valence-corrected chi connectivity index (χ0v) is 9.64. The van der Waals surface area contributed by atoms with Crippen molar-refractivity contribution in [2.24, 2.45) is 10.7 Å². The maximum Gasteiger partial charge on any atom is 0.276 e. The fourth-order valence-corrected chi connectivity index (χ4v) is 1.45. The number of methoxy groups -OCH3 is 1. The SMILES string of the molecule is COc1ccc(C(=O)C=C2N=C(N)NC2=O)cc1. The maximum absolute atomic E-state index is 11.8. The molecule has 0 saturated carbocycles. The molecule has 1 amide bonds. The highest BCUT2D eigenvalue weighted by molar-refractivity contribution is 6.16. The monoisotopic (exact) mass is 245 g/mol. The predicted octanol–water partition coefficient (Wildman–Crippen LogP) is 0.206. The maximum atomic E-state index is 11.8. The van der Waals surface area contributed by atoms with Gasteiger partial charge in [-0.1, -0.05) is 0 Å². The van der Waals surface area contributed by atoms with E-state index in [0.29, 0.717) is 11.3 Å². The topological polar surface area (TPSA) is 93.8 Å². The van der Waals surface area contributed by atoms with Crippen LogP contribution in [0.3, 0.4) is 0 Å². The van der Waals surface area contributed by atoms with Crippen LogP contribution >= 0.6 is 0 Å². The number of hydrogen-bond donors (Lipinski definition) is 2. The van der Waals surface area contributed by atoms with E-state index in [1.165, 1.54) is 0 Å². The van der Waals surface area contributed by atoms with Crippen molar-refractivity contribution in [1.29, 1.82) is 0 Å². The van der Waals surface area contributed by atoms with Gasteiger partial charge in [0.15, 0.2) is 5.78 Å². The molecule has 0 bridgehead atoms. The van der Waals surface area contributed by atoms with Crippen LogP contribution in [0.2, 0.25) is 0 Å². The van der Waals surface area contributed by atoms with Gasteiger partial charge in [0, 0.05) is 11.6 Å². The summed E-state index contributed by atoms with van der Waals surface area (Å²) in [4.78, 5) is 26.9. The number of nitrogens with two attached hydrogens (primary N) is 1. The van der Waals surface area contributed by atoms with E-state index in [0.717, 1.165) is 6.08 Å². The van der Waals surface area contributed by atoms with Gasteiger partial charge in [-0.15, -0.1) is 0 Å². The lowest BCUT2D eigenvalue weighted by atomic mass is 10.1. The van der Waals surface area contributed by atoms with Crippen molar-refractivity contribution in [3.63, 3.8) is 0 Å². The Bertz CT molecular complexity index is 558. The van der Waals surface area contributed by atoms with Crippen molar-refractivity contribution in [2.75, 3.05) is 7.11 Å². The highest BCUT2D eigenvalue weighted by atomic mass is 16.5. The largest absolute Gasteiger partial charge is 0.497 e. The van der Waals surface area contributed by atoms with Crippen LogP contribution in [0, 0.1) is 0 Å². The minimum absolute atomic E-state index is 0.00576. The standard InChI is InChI=1S/C12H11N3O3/c1-18-8-4-2-7(3-5-8)10(16)6-9-11(17)15-12(13)14-9/h2-6H,1H3,(H3,13,14,15,17). The molecule has 1 heterocycles. The predicted molar refractivity (Wildman–Crippen MR) is 65.2 cm³/mol. The Hall–Kier alpha value is -2.63. The van der Waals surface area contributed by atoms with Gasteiger partial charge in [0.2, 0.25) is 5.96 Å². The number of benzene rings is 1. The van der Waals surface area contributed by atoms with E-state index in [4.69, 9.17) is 10.5 Å². The van der Waals surface area contributed by atoms with Crippen LogP contribution in [0.4, 0.5) is 0 Å². The highest BCUT2D eigenvalue weighted by Gasteiger charge is 2.19. The smallest absolute Gasteiger partial charge is 0.276 e. The molecular formula is C12H11N3O3. The zero-order valence-electron chi connectivity index (χ0n) is 9.64. The van der Waals surface area contributed by atoms with E-state index < -0.39 is 5.91 Å². The van der Waals surface area contributed by atoms with Crippen LogP contribution in [-0.2, 0) is 4.79 Å². The first-order chi connectivity index (χ1) is 8.60. The molecule has 1 aliphatic heterocycles. The van der Waals surface area contributed by atoms with Gasteiger partial charge in [-0.05, 0) is 24.3 Å². The molecule has 6 nitrogen and oxygen atoms in total. The average molecular weight is 245 g/mol. The van der Waals surface area contributed by atoms with E-state index in [9.17, 15) is 9.59 Å². The van der Waals surface area contributed by atoms with E-state index in [-0.39, 0.29) is 17.4 Å². The fraction of sp³-hybridized carbons (Fsp3) is 0.0833. The Morgan fingerprint density at radius 2 is 2.06 bits per heavy atom. The molecule has 0 fully saturated rings. The van der Waals surface area contributed by atoms with Gasteiger partial charge in [0.05, 0.1) is 7.11 Å². The second kappa shape index (κ2) is 4.70. The molecule has 0 saturated heterocycles. The van der Waals surface area contributed by atoms with Crippen LogP contribution < -0.4 is 15.8 Å². The van der Waals surface area contributed by atoms with Crippen LogP contribution in [-0.4, -0.2) is 24.8 Å². The van der Waals surface area contributed by atoms with Crippen molar-refractivity contribution >= 4 is 17.6 Å². The van der Waals surface area contributed by atoms with Crippen molar-refractivity contribution in [3.8, 4) is 5.75 Å². The van der Waals surface area contributed by atoms with Gasteiger partial charge in [-0.3, -0.25) is 14.9 Å². The number of ether oxygens (including phenoxy) is 1. The number of aliphatic imine (C=N–C) groups is 1. The lowest BCUT2D eigenvalue weighted by molar-refractivity contribution is -0.115. The summed E-state index contributed by atoms with van der Waals surface area (Å²) in [6, 6.07) is 6.55. The molecule has 18 heavy (non-hydrogen) atoms. The third kappa shape index (κ3) is 2.37. The van der Waals surface area contributed by atoms with Gasteiger partial charge in [-0.2, -0.15) is 0 Å². The number of carbonyl (C=O) groups excluding carboxylic acids is 2. The molecule has 6 heteroatoms. The number of allylic oxidation sites excluding steroid dienone is 1. The van der Waals surface area contributed by atoms with Crippen molar-refractivity contribution in [2.45, 2.75) is 0 Å². The quantitative estimate of drug-likeness (QED) is 0.587. The summed E-state index contributed by atoms with van der Waals surface area (Å²) in [5.41, 5.74) is 5.77. The molecule has 0 spiro atoms. The third-order valence-corrected chi connectivity index (χ3v) is 2.36. The lowest BCUT2D eigenvalue weighted by Crippen LogP contribution is -2.30. The van der Waals surface area contributed by atoms with Crippen molar-refractivity contribution < 1.29 is 14.3 Å². The molecule has 1 aromatic rings. The molecule has 0 unspecified atom stereocenters. The summed E-state index contributed by atoms with van der Waals surface area (Å²) in [6.45, 7) is 0. The first kappa shape index (κ1) is 11.8. The summed E-state index contributed by atoms with van der Waals surface area (Å²) in [5, 5.41) is 2.29. The summed E-state index contributed by atoms with van der Waals surface area (Å²) in [6.07, 6.45) is 1.15. The first-order valence-electron chi connectivity index (χ1n) is 5.16. The second-order valence-corrected chi connectivity index (χ2v) is 3.57. The molecule has 0 aliphatic carbocycles. The van der Waals surface area contributed by atoms with Gasteiger partial charge in [0.1, 0.15) is 11.4 Å². The lowest BCUT2D eigenvalue weighted by Gasteiger charge is -2.00. The number of nitrogens with zero attached hydrogens (tertiary/aromatic N) is 1. The molecular weight excluding hydrogens is 234 g/mol. The summed E-state index contributed by atoms with van der Waals surface area (Å²) >= 11 is 0. The minimum atomic E-state index is -0.477. The Balaban J connectivity index is 2.21. The number of rotatable bonds is 3. The number of guanidine groups is 1. The minimum Gasteiger partial charge on any atom is -0.497 e. The third-order valence-electron chi connectivity index (χ3n) is 2.36. The van der Waals surface area contributed by atoms with Crippen LogP contribution in [0.25, 0.3) is 0 Å². The molecule has 0 radical (unpaired) electrons. The number of ketones is 1. The van der Waals surface area contributed by atoms with E-state index in [1.807, 2.05) is 0 Å². The van der Waals surface area contributed by atoms with Crippen LogP contribution in [0.15, 0.2) is 41.0 Å². The number of carbonyl (C=O) groups is 2. The first-order valence-corrected chi connectivity index (χ1v) is 5.16. The van der Waals surface area contributed by atoms with Gasteiger partial charge in [0.25, 0.3) is 5.91 Å². The Kier molecular flexibility index (Phi) is 3.09. The Morgan fingerprint density at radius 3 is 2.56 bits per heavy atom. The summed E-state index contributed by atoms with van der Waals surface area (Å²) < 4.78 is 4.98. The van der Waals surface area contributed by atoms with E-state index >= 15 is 0 Å². The molecule has 0 aromatic heterocycles. The van der Waals surface area contributed by atoms with Crippen molar-refractivity contribution in [1.82, 2.24) is 5.32 Å². The summed E-state index contributed by atoms with van der Waals surface area (Å²) in [7, 11) is 1.54. The zero-order chi connectivity index (χ0) is 13.1. The average Bonchev–Trinajstić information content (AvgIpc) is 2.68. The Labute approximate surface area is 103 Å². The molecule has 1 aromatic carbocycles. The molecule has 3 N–H and O–H groups in total. The van der Waals surface area contributed by atoms with Crippen molar-refractivity contribution in [3.05, 3.63) is 41.6 Å². The number of hydrogen-bond acceptors (Lipinski definition) is 5. The highest BCUT2D eigenvalue weighted by Crippen LogP contribution is 2.13. The fourth-order valence-electron chi connectivity index (χ4n) is 1.45. The van der Waals surface area contributed by atoms with Crippen LogP contribution in [0.5, 0.6) is 5.75 Å². The molecule has 1 aliphatic rings. The van der Waals surface area contributed by atoms with E-state index in [2.05, 4.69) is 10.3 Å². The van der Waals surface area contributed by atoms with Gasteiger partial charge >= 0.3 is 0 Å². The van der Waals surface area contributed by atoms with Crippen LogP contribution in [0.1, 0.15) is 10.4 Å². The molecule has 0 atom stereocenters. The van der Waals surface area contributed by atoms with E-state index in [1.54, 1.807) is 31.4 Å². The normalized spacial score (nSPS) is 16.4.